The molecule has 0 radical (unpaired) electrons. The first kappa shape index (κ1) is 26.5. The summed E-state index contributed by atoms with van der Waals surface area (Å²) in [4.78, 5) is 42.7. The number of oxime groups is 1. The van der Waals surface area contributed by atoms with Crippen LogP contribution in [0, 0.1) is 5.41 Å². The number of fused-ring (bicyclic) bond motifs is 1. The first-order valence-electron chi connectivity index (χ1n) is 11.8. The van der Waals surface area contributed by atoms with Crippen LogP contribution < -0.4 is 20.5 Å². The molecular weight excluding hydrogens is 496 g/mol. The van der Waals surface area contributed by atoms with Gasteiger partial charge in [0.05, 0.1) is 24.3 Å². The lowest BCUT2D eigenvalue weighted by Gasteiger charge is -2.24. The van der Waals surface area contributed by atoms with Crippen molar-refractivity contribution in [2.24, 2.45) is 10.9 Å². The molecule has 1 atom stereocenters. The minimum Gasteiger partial charge on any atom is -0.493 e. The highest BCUT2D eigenvalue weighted by molar-refractivity contribution is 6.07. The molecule has 2 heterocycles. The fourth-order valence-corrected chi connectivity index (χ4v) is 4.12. The van der Waals surface area contributed by atoms with Crippen molar-refractivity contribution in [1.82, 2.24) is 0 Å². The van der Waals surface area contributed by atoms with Crippen molar-refractivity contribution < 1.29 is 38.5 Å². The van der Waals surface area contributed by atoms with Gasteiger partial charge in [0, 0.05) is 35.7 Å². The van der Waals surface area contributed by atoms with Crippen molar-refractivity contribution in [3.63, 3.8) is 0 Å². The third-order valence-corrected chi connectivity index (χ3v) is 5.74. The number of nitrogens with two attached hydrogens (primary N) is 1. The van der Waals surface area contributed by atoms with E-state index in [1.165, 1.54) is 12.1 Å². The van der Waals surface area contributed by atoms with Gasteiger partial charge in [-0.05, 0) is 51.1 Å². The molecule has 2 aliphatic rings. The van der Waals surface area contributed by atoms with Gasteiger partial charge in [0.15, 0.2) is 5.96 Å². The van der Waals surface area contributed by atoms with Crippen LogP contribution in [0.5, 0.6) is 11.5 Å². The van der Waals surface area contributed by atoms with Gasteiger partial charge in [-0.2, -0.15) is 0 Å². The molecule has 0 saturated heterocycles. The fourth-order valence-electron chi connectivity index (χ4n) is 4.12. The average molecular weight is 525 g/mol. The number of rotatable bonds is 7. The van der Waals surface area contributed by atoms with Gasteiger partial charge < -0.3 is 35.2 Å². The average Bonchev–Trinajstić information content (AvgIpc) is 3.45. The molecule has 12 heteroatoms. The molecule has 2 aromatic rings. The maximum Gasteiger partial charge on any atom is 0.351 e. The molecule has 0 aromatic heterocycles. The molecule has 1 unspecified atom stereocenters. The summed E-state index contributed by atoms with van der Waals surface area (Å²) in [5.74, 6) is -2.30. The van der Waals surface area contributed by atoms with Crippen molar-refractivity contribution in [3.05, 3.63) is 53.1 Å². The number of ether oxygens (including phenoxy) is 3. The zero-order valence-electron chi connectivity index (χ0n) is 21.1. The largest absolute Gasteiger partial charge is 0.493 e. The van der Waals surface area contributed by atoms with E-state index in [9.17, 15) is 19.5 Å². The fraction of sp³-hybridized carbons (Fsp3) is 0.346. The number of hydrogen-bond acceptors (Lipinski definition) is 9. The number of aliphatic carboxylic acids is 1. The van der Waals surface area contributed by atoms with Crippen LogP contribution in [0.15, 0.2) is 41.6 Å². The van der Waals surface area contributed by atoms with Crippen LogP contribution in [0.4, 0.5) is 5.69 Å². The molecule has 0 amide bonds. The molecular formula is C26H28N4O8. The maximum absolute atomic E-state index is 12.8. The summed E-state index contributed by atoms with van der Waals surface area (Å²) in [6, 6.07) is 9.35. The molecule has 0 aliphatic carbocycles. The van der Waals surface area contributed by atoms with Crippen LogP contribution in [-0.4, -0.2) is 52.5 Å². The second-order valence-corrected chi connectivity index (χ2v) is 9.92. The standard InChI is InChI=1S/C26H28N4O8/c1-25(2,3)37-21(31)13-26(23(33)34)12-19(30-38-26)18-10-16(11-20-17(18)8-9-35-20)36-22(32)14-4-6-15(7-5-14)29-24(27)28/h4-7,10-11H,8-9,12-13H2,1-3H3,(H,33,34)(H4,27,28,29). The van der Waals surface area contributed by atoms with Crippen molar-refractivity contribution in [1.29, 1.82) is 5.41 Å². The number of carboxylic acids is 1. The molecule has 38 heavy (non-hydrogen) atoms. The highest BCUT2D eigenvalue weighted by atomic mass is 16.7. The molecule has 5 N–H and O–H groups in total. The minimum absolute atomic E-state index is 0.166. The maximum atomic E-state index is 12.8. The number of carboxylic acid groups (broad SMARTS) is 1. The Balaban J connectivity index is 1.56. The Morgan fingerprint density at radius 1 is 1.21 bits per heavy atom. The van der Waals surface area contributed by atoms with E-state index in [-0.39, 0.29) is 29.4 Å². The van der Waals surface area contributed by atoms with E-state index >= 15 is 0 Å². The number of nitrogens with zero attached hydrogens (tertiary/aromatic N) is 1. The normalized spacial score (nSPS) is 17.9. The van der Waals surface area contributed by atoms with Crippen LogP contribution >= 0.6 is 0 Å². The molecule has 12 nitrogen and oxygen atoms in total. The van der Waals surface area contributed by atoms with E-state index < -0.39 is 35.5 Å². The highest BCUT2D eigenvalue weighted by Gasteiger charge is 2.50. The summed E-state index contributed by atoms with van der Waals surface area (Å²) < 4.78 is 16.5. The van der Waals surface area contributed by atoms with Crippen molar-refractivity contribution >= 4 is 35.3 Å². The van der Waals surface area contributed by atoms with E-state index in [1.807, 2.05) is 0 Å². The molecule has 2 aromatic carbocycles. The Bertz CT molecular complexity index is 1330. The predicted octanol–water partition coefficient (Wildman–Crippen LogP) is 2.83. The lowest BCUT2D eigenvalue weighted by atomic mass is 9.89. The second kappa shape index (κ2) is 10.0. The van der Waals surface area contributed by atoms with Gasteiger partial charge in [0.2, 0.25) is 5.60 Å². The second-order valence-electron chi connectivity index (χ2n) is 9.92. The SMILES string of the molecule is CC(C)(C)OC(=O)CC1(C(=O)O)CC(c2cc(OC(=O)c3ccc(NC(=N)N)cc3)cc3c2CCO3)=NO1. The number of benzene rings is 2. The Morgan fingerprint density at radius 3 is 2.55 bits per heavy atom. The van der Waals surface area contributed by atoms with Gasteiger partial charge >= 0.3 is 17.9 Å². The summed E-state index contributed by atoms with van der Waals surface area (Å²) in [6.07, 6.45) is -0.195. The Kier molecular flexibility index (Phi) is 6.99. The van der Waals surface area contributed by atoms with Crippen LogP contribution in [0.3, 0.4) is 0 Å². The number of esters is 2. The third kappa shape index (κ3) is 5.85. The number of anilines is 1. The van der Waals surface area contributed by atoms with E-state index in [4.69, 9.17) is 30.2 Å². The van der Waals surface area contributed by atoms with E-state index in [0.717, 1.165) is 5.56 Å². The molecule has 0 bridgehead atoms. The van der Waals surface area contributed by atoms with Crippen molar-refractivity contribution in [3.8, 4) is 11.5 Å². The van der Waals surface area contributed by atoms with Crippen LogP contribution in [0.1, 0.15) is 55.1 Å². The van der Waals surface area contributed by atoms with E-state index in [2.05, 4.69) is 10.5 Å². The monoisotopic (exact) mass is 524 g/mol. The highest BCUT2D eigenvalue weighted by Crippen LogP contribution is 2.38. The molecule has 2 aliphatic heterocycles. The van der Waals surface area contributed by atoms with Gasteiger partial charge in [-0.3, -0.25) is 10.2 Å². The number of carbonyl (C=O) groups is 3. The van der Waals surface area contributed by atoms with Gasteiger partial charge in [0.1, 0.15) is 17.1 Å². The van der Waals surface area contributed by atoms with Crippen LogP contribution in [0.2, 0.25) is 0 Å². The predicted molar refractivity (Wildman–Crippen MR) is 136 cm³/mol. The van der Waals surface area contributed by atoms with Crippen molar-refractivity contribution in [2.75, 3.05) is 11.9 Å². The van der Waals surface area contributed by atoms with Crippen LogP contribution in [0.25, 0.3) is 0 Å². The molecule has 200 valence electrons. The molecule has 0 spiro atoms. The Hall–Kier alpha value is -4.61. The lowest BCUT2D eigenvalue weighted by molar-refractivity contribution is -0.175. The number of hydrogen-bond donors (Lipinski definition) is 4. The molecule has 4 rings (SSSR count). The van der Waals surface area contributed by atoms with Crippen LogP contribution in [-0.2, 0) is 25.6 Å². The first-order valence-corrected chi connectivity index (χ1v) is 11.8. The van der Waals surface area contributed by atoms with E-state index in [1.54, 1.807) is 45.0 Å². The Morgan fingerprint density at radius 2 is 1.92 bits per heavy atom. The summed E-state index contributed by atoms with van der Waals surface area (Å²) in [7, 11) is 0. The summed E-state index contributed by atoms with van der Waals surface area (Å²) in [6.45, 7) is 5.44. The topological polar surface area (TPSA) is 183 Å². The summed E-state index contributed by atoms with van der Waals surface area (Å²) >= 11 is 0. The van der Waals surface area contributed by atoms with Crippen molar-refractivity contribution in [2.45, 2.75) is 51.2 Å². The smallest absolute Gasteiger partial charge is 0.351 e. The Labute approximate surface area is 218 Å². The van der Waals surface area contributed by atoms with Gasteiger partial charge in [-0.1, -0.05) is 5.16 Å². The zero-order valence-corrected chi connectivity index (χ0v) is 21.1. The number of guanidine groups is 1. The quantitative estimate of drug-likeness (QED) is 0.182. The third-order valence-electron chi connectivity index (χ3n) is 5.74. The van der Waals surface area contributed by atoms with Gasteiger partial charge in [-0.15, -0.1) is 0 Å². The van der Waals surface area contributed by atoms with Gasteiger partial charge in [-0.25, -0.2) is 9.59 Å². The molecule has 0 fully saturated rings. The number of carbonyl (C=O) groups excluding carboxylic acids is 2. The van der Waals surface area contributed by atoms with Gasteiger partial charge in [0.25, 0.3) is 0 Å². The molecule has 0 saturated carbocycles. The first-order chi connectivity index (χ1) is 17.8. The summed E-state index contributed by atoms with van der Waals surface area (Å²) in [5.41, 5.74) is 4.95. The minimum atomic E-state index is -1.92. The zero-order chi connectivity index (χ0) is 27.7. The number of nitrogens with one attached hydrogen (secondary N) is 2. The lowest BCUT2D eigenvalue weighted by Crippen LogP contribution is -2.42. The van der Waals surface area contributed by atoms with E-state index in [0.29, 0.717) is 30.0 Å². The summed E-state index contributed by atoms with van der Waals surface area (Å²) in [5, 5.41) is 23.8.